The molecule has 0 aromatic rings. The Balaban J connectivity index is 0. The predicted octanol–water partition coefficient (Wildman–Crippen LogP) is 0.772. The Bertz CT molecular complexity index is 6.00. The van der Waals surface area contributed by atoms with Crippen LogP contribution >= 0.6 is 0 Å². The van der Waals surface area contributed by atoms with Gasteiger partial charge in [0.15, 0.2) is 0 Å². The van der Waals surface area contributed by atoms with E-state index in [1.165, 1.54) is 5.15 Å². The fraction of sp³-hybridized carbons (Fsp3) is 0. The van der Waals surface area contributed by atoms with E-state index in [1.54, 1.807) is 0 Å². The maximum absolute atomic E-state index is 9.12. The molecule has 0 bridgehead atoms. The summed E-state index contributed by atoms with van der Waals surface area (Å²) in [5, 5.41) is 1.25. The van der Waals surface area contributed by atoms with Crippen LogP contribution in [0.3, 0.4) is 0 Å². The van der Waals surface area contributed by atoms with Crippen LogP contribution in [0, 0.1) is 38.6 Å². The molecule has 1 radical (unpaired) electrons. The summed E-state index contributed by atoms with van der Waals surface area (Å²) in [6, 6.07) is 0. The summed E-state index contributed by atoms with van der Waals surface area (Å²) < 4.78 is 18.2. The molecular weight excluding hydrogens is 213 g/mol. The molecule has 0 saturated carbocycles. The van der Waals surface area contributed by atoms with Gasteiger partial charge < -0.3 is 0 Å². The Hall–Kier alpha value is 1.11. The third-order valence-corrected chi connectivity index (χ3v) is 0. The van der Waals surface area contributed by atoms with E-state index in [4.69, 9.17) is 9.05 Å². The second-order valence-corrected chi connectivity index (χ2v) is 0.0583. The minimum Gasteiger partial charge on any atom is -0.0104 e. The van der Waals surface area contributed by atoms with Gasteiger partial charge in [0.1, 0.15) is 0 Å². The molecule has 0 aliphatic heterocycles. The van der Waals surface area contributed by atoms with Crippen molar-refractivity contribution in [2.24, 2.45) is 0 Å². The minimum atomic E-state index is 0. The van der Waals surface area contributed by atoms with Gasteiger partial charge in [-0.15, -0.1) is 0 Å². The van der Waals surface area contributed by atoms with Crippen molar-refractivity contribution >= 4 is 0 Å². The number of hydrogen-bond acceptors (Lipinski definition) is 1. The van der Waals surface area contributed by atoms with Crippen LogP contribution in [0.2, 0.25) is 0 Å². The van der Waals surface area contributed by atoms with Crippen LogP contribution in [0.25, 0.3) is 0 Å². The minimum absolute atomic E-state index is 0. The van der Waals surface area contributed by atoms with Crippen LogP contribution < -0.4 is 0 Å². The topological polar surface area (TPSA) is 9.23 Å². The monoisotopic (exact) mass is 213 g/mol. The molecule has 4 heteroatoms. The van der Waals surface area contributed by atoms with Crippen molar-refractivity contribution in [2.75, 3.05) is 0 Å². The molecular formula is F2OTb. The molecule has 0 fully saturated rings. The third-order valence-electron chi connectivity index (χ3n) is 0. The normalized spacial score (nSPS) is 4.50. The zero-order chi connectivity index (χ0) is 2.71. The van der Waals surface area contributed by atoms with Gasteiger partial charge in [-0.25, -0.2) is 0 Å². The van der Waals surface area contributed by atoms with Crippen molar-refractivity contribution < 1.29 is 52.8 Å². The molecule has 0 aromatic carbocycles. The van der Waals surface area contributed by atoms with Gasteiger partial charge >= 0.3 is 0 Å². The van der Waals surface area contributed by atoms with Gasteiger partial charge in [0.25, 0.3) is 0 Å². The van der Waals surface area contributed by atoms with Crippen molar-refractivity contribution in [3.8, 4) is 0 Å². The van der Waals surface area contributed by atoms with Gasteiger partial charge in [0.2, 0.25) is 0 Å². The first-order valence-electron chi connectivity index (χ1n) is 0.309. The quantitative estimate of drug-likeness (QED) is 0.577. The predicted molar refractivity (Wildman–Crippen MR) is 3.30 cm³/mol. The summed E-state index contributed by atoms with van der Waals surface area (Å²) in [6.45, 7) is 0. The molecule has 29 valence electrons. The molecule has 0 atom stereocenters. The molecule has 4 heavy (non-hydrogen) atoms. The Morgan fingerprint density at radius 2 is 1.25 bits per heavy atom. The van der Waals surface area contributed by atoms with E-state index >= 15 is 0 Å². The Morgan fingerprint density at radius 1 is 1.25 bits per heavy atom. The van der Waals surface area contributed by atoms with E-state index in [1.807, 2.05) is 0 Å². The van der Waals surface area contributed by atoms with Gasteiger partial charge in [-0.05, 0) is 9.05 Å². The average molecular weight is 213 g/mol. The molecule has 0 unspecified atom stereocenters. The van der Waals surface area contributed by atoms with Gasteiger partial charge in [0, 0.05) is 43.8 Å². The van der Waals surface area contributed by atoms with E-state index in [-0.39, 0.29) is 38.6 Å². The Morgan fingerprint density at radius 3 is 1.25 bits per heavy atom. The molecule has 0 aromatic heterocycles. The maximum Gasteiger partial charge on any atom is 0.0209 e. The molecule has 0 spiro atoms. The molecule has 0 rings (SSSR count). The summed E-state index contributed by atoms with van der Waals surface area (Å²) >= 11 is 0. The van der Waals surface area contributed by atoms with Gasteiger partial charge in [0.05, 0.1) is 0 Å². The van der Waals surface area contributed by atoms with Gasteiger partial charge in [-0.3, -0.25) is 0 Å². The first-order chi connectivity index (χ1) is 1.41. The summed E-state index contributed by atoms with van der Waals surface area (Å²) in [5.74, 6) is 0. The molecule has 1 nitrogen and oxygen atoms in total. The molecule has 0 saturated heterocycles. The van der Waals surface area contributed by atoms with Crippen molar-refractivity contribution in [3.05, 3.63) is 0 Å². The van der Waals surface area contributed by atoms with Crippen LogP contribution in [0.4, 0.5) is 9.05 Å². The molecule has 0 amide bonds. The second-order valence-electron chi connectivity index (χ2n) is 0.0583. The van der Waals surface area contributed by atoms with Gasteiger partial charge in [-0.1, -0.05) is 0 Å². The molecule has 0 aliphatic rings. The van der Waals surface area contributed by atoms with E-state index in [2.05, 4.69) is 0 Å². The van der Waals surface area contributed by atoms with Crippen LogP contribution in [-0.4, -0.2) is 0 Å². The van der Waals surface area contributed by atoms with E-state index < -0.39 is 0 Å². The fourth-order valence-electron chi connectivity index (χ4n) is 0. The zero-order valence-corrected chi connectivity index (χ0v) is 3.64. The second kappa shape index (κ2) is 8.93. The zero-order valence-electron chi connectivity index (χ0n) is 1.50. The molecule has 0 heterocycles. The number of hydrogen-bond donors (Lipinski definition) is 0. The van der Waals surface area contributed by atoms with Crippen molar-refractivity contribution in [3.63, 3.8) is 0 Å². The van der Waals surface area contributed by atoms with Crippen molar-refractivity contribution in [2.45, 2.75) is 0 Å². The van der Waals surface area contributed by atoms with E-state index in [0.29, 0.717) is 0 Å². The number of rotatable bonds is 0. The van der Waals surface area contributed by atoms with Crippen LogP contribution in [0.15, 0.2) is 0 Å². The Kier molecular flexibility index (Phi) is 19.9. The van der Waals surface area contributed by atoms with E-state index in [9.17, 15) is 0 Å². The van der Waals surface area contributed by atoms with Crippen molar-refractivity contribution in [1.29, 1.82) is 0 Å². The van der Waals surface area contributed by atoms with Crippen LogP contribution in [0.1, 0.15) is 0 Å². The molecule has 0 N–H and O–H groups in total. The summed E-state index contributed by atoms with van der Waals surface area (Å²) in [5.41, 5.74) is 0. The van der Waals surface area contributed by atoms with E-state index in [0.717, 1.165) is 0 Å². The first kappa shape index (κ1) is 8.92. The smallest absolute Gasteiger partial charge is 0.0104 e. The maximum atomic E-state index is 9.12. The SMILES string of the molecule is FOF.[Tb]. The summed E-state index contributed by atoms with van der Waals surface area (Å²) in [7, 11) is 0. The average Bonchev–Trinajstić information content (AvgIpc) is 0.918. The largest absolute Gasteiger partial charge is 0.0209 e. The van der Waals surface area contributed by atoms with Gasteiger partial charge in [-0.2, -0.15) is 0 Å². The third kappa shape index (κ3) is 11.3. The summed E-state index contributed by atoms with van der Waals surface area (Å²) in [6.07, 6.45) is 0. The van der Waals surface area contributed by atoms with Crippen LogP contribution in [-0.2, 0) is 5.15 Å². The molecule has 0 aliphatic carbocycles. The Labute approximate surface area is 52.6 Å². The summed E-state index contributed by atoms with van der Waals surface area (Å²) in [4.78, 5) is 0. The standard InChI is InChI=1S/F2O.Tb/c1-3-2;. The number of halogens is 2. The fourth-order valence-corrected chi connectivity index (χ4v) is 0. The van der Waals surface area contributed by atoms with Crippen LogP contribution in [0.5, 0.6) is 0 Å². The van der Waals surface area contributed by atoms with Crippen molar-refractivity contribution in [1.82, 2.24) is 0 Å². The first-order valence-corrected chi connectivity index (χ1v) is 0.309.